The van der Waals surface area contributed by atoms with E-state index in [-0.39, 0.29) is 29.8 Å². The number of H-pyrrole nitrogens is 1. The maximum Gasteiger partial charge on any atom is 0.269 e. The zero-order valence-corrected chi connectivity index (χ0v) is 15.2. The topological polar surface area (TPSA) is 110 Å². The molecule has 136 valence electrons. The molecule has 2 N–H and O–H groups in total. The van der Waals surface area contributed by atoms with Crippen molar-refractivity contribution in [2.75, 3.05) is 18.2 Å². The molecule has 0 aliphatic carbocycles. The van der Waals surface area contributed by atoms with Crippen molar-refractivity contribution < 1.29 is 14.5 Å². The molecule has 8 nitrogen and oxygen atoms in total. The molecular formula is C16H15ClN4O4S. The number of hydrogen-bond donors (Lipinski definition) is 2. The van der Waals surface area contributed by atoms with Crippen LogP contribution in [0.25, 0.3) is 11.0 Å². The smallest absolute Gasteiger partial charge is 0.269 e. The second-order valence-corrected chi connectivity index (χ2v) is 6.03. The molecule has 1 aromatic heterocycles. The van der Waals surface area contributed by atoms with Gasteiger partial charge < -0.3 is 15.0 Å². The quantitative estimate of drug-likeness (QED) is 0.375. The monoisotopic (exact) mass is 394 g/mol. The van der Waals surface area contributed by atoms with Crippen LogP contribution in [0.15, 0.2) is 47.6 Å². The van der Waals surface area contributed by atoms with Crippen molar-refractivity contribution >= 4 is 52.5 Å². The number of nitro groups is 1. The highest BCUT2D eigenvalue weighted by atomic mass is 35.5. The van der Waals surface area contributed by atoms with Crippen LogP contribution in [0.5, 0.6) is 5.75 Å². The van der Waals surface area contributed by atoms with E-state index in [9.17, 15) is 14.9 Å². The van der Waals surface area contributed by atoms with Crippen LogP contribution in [-0.2, 0) is 4.79 Å². The number of nitrogens with one attached hydrogen (secondary N) is 2. The van der Waals surface area contributed by atoms with Gasteiger partial charge in [0.1, 0.15) is 5.75 Å². The van der Waals surface area contributed by atoms with Crippen LogP contribution in [-0.4, -0.2) is 33.7 Å². The predicted octanol–water partition coefficient (Wildman–Crippen LogP) is 3.63. The number of rotatable bonds is 6. The van der Waals surface area contributed by atoms with Gasteiger partial charge in [-0.2, -0.15) is 0 Å². The minimum absolute atomic E-state index is 0. The fourth-order valence-corrected chi connectivity index (χ4v) is 2.84. The molecule has 0 aliphatic rings. The third-order valence-corrected chi connectivity index (χ3v) is 4.24. The predicted molar refractivity (Wildman–Crippen MR) is 102 cm³/mol. The molecule has 10 heteroatoms. The van der Waals surface area contributed by atoms with Crippen molar-refractivity contribution in [2.24, 2.45) is 0 Å². The van der Waals surface area contributed by atoms with E-state index in [1.165, 1.54) is 36.0 Å². The van der Waals surface area contributed by atoms with Gasteiger partial charge in [0.05, 0.1) is 28.8 Å². The first-order valence-electron chi connectivity index (χ1n) is 7.26. The van der Waals surface area contributed by atoms with Crippen LogP contribution < -0.4 is 10.1 Å². The molecule has 26 heavy (non-hydrogen) atoms. The van der Waals surface area contributed by atoms with Crippen molar-refractivity contribution in [1.82, 2.24) is 9.97 Å². The average Bonchev–Trinajstić information content (AvgIpc) is 3.02. The van der Waals surface area contributed by atoms with Gasteiger partial charge in [-0.15, -0.1) is 12.4 Å². The van der Waals surface area contributed by atoms with E-state index in [4.69, 9.17) is 4.74 Å². The summed E-state index contributed by atoms with van der Waals surface area (Å²) in [5.41, 5.74) is 2.10. The van der Waals surface area contributed by atoms with Crippen LogP contribution in [0.4, 0.5) is 11.4 Å². The number of imidazole rings is 1. The Hall–Kier alpha value is -2.78. The largest absolute Gasteiger partial charge is 0.497 e. The van der Waals surface area contributed by atoms with E-state index in [2.05, 4.69) is 15.3 Å². The molecule has 0 saturated carbocycles. The number of nitrogens with zero attached hydrogens (tertiary/aromatic N) is 2. The van der Waals surface area contributed by atoms with Gasteiger partial charge in [-0.1, -0.05) is 11.8 Å². The second-order valence-electron chi connectivity index (χ2n) is 5.07. The van der Waals surface area contributed by atoms with Gasteiger partial charge in [-0.3, -0.25) is 14.9 Å². The summed E-state index contributed by atoms with van der Waals surface area (Å²) in [6.45, 7) is 0. The molecule has 0 unspecified atom stereocenters. The van der Waals surface area contributed by atoms with Crippen molar-refractivity contribution in [3.63, 3.8) is 0 Å². The number of anilines is 1. The Morgan fingerprint density at radius 1 is 1.31 bits per heavy atom. The highest BCUT2D eigenvalue weighted by molar-refractivity contribution is 7.99. The number of halogens is 1. The standard InChI is InChI=1S/C16H14N4O4S.ClH/c1-24-12-6-7-13-14(8-12)19-16(18-13)25-9-15(21)17-10-2-4-11(5-3-10)20(22)23;/h2-8H,9H2,1H3,(H,17,21)(H,18,19);1H. The molecule has 1 amide bonds. The number of methoxy groups -OCH3 is 1. The Morgan fingerprint density at radius 3 is 2.69 bits per heavy atom. The minimum Gasteiger partial charge on any atom is -0.497 e. The third kappa shape index (κ3) is 4.64. The summed E-state index contributed by atoms with van der Waals surface area (Å²) < 4.78 is 5.16. The SMILES string of the molecule is COc1ccc2nc(SCC(=O)Nc3ccc([N+](=O)[O-])cc3)[nH]c2c1.Cl. The third-order valence-electron chi connectivity index (χ3n) is 3.37. The van der Waals surface area contributed by atoms with Crippen LogP contribution in [0.1, 0.15) is 0 Å². The summed E-state index contributed by atoms with van der Waals surface area (Å²) in [5, 5.41) is 13.9. The van der Waals surface area contributed by atoms with Gasteiger partial charge in [-0.25, -0.2) is 4.98 Å². The van der Waals surface area contributed by atoms with Gasteiger partial charge in [0.25, 0.3) is 5.69 Å². The molecule has 2 aromatic carbocycles. The molecular weight excluding hydrogens is 380 g/mol. The number of aromatic nitrogens is 2. The maximum absolute atomic E-state index is 12.0. The Bertz CT molecular complexity index is 930. The van der Waals surface area contributed by atoms with Crippen molar-refractivity contribution in [3.05, 3.63) is 52.6 Å². The fourth-order valence-electron chi connectivity index (χ4n) is 2.16. The average molecular weight is 395 g/mol. The molecule has 0 radical (unpaired) electrons. The van der Waals surface area contributed by atoms with E-state index in [0.717, 1.165) is 16.8 Å². The molecule has 0 saturated heterocycles. The fraction of sp³-hybridized carbons (Fsp3) is 0.125. The number of fused-ring (bicyclic) bond motifs is 1. The van der Waals surface area contributed by atoms with Crippen LogP contribution >= 0.6 is 24.2 Å². The van der Waals surface area contributed by atoms with Crippen LogP contribution in [0, 0.1) is 10.1 Å². The van der Waals surface area contributed by atoms with Crippen LogP contribution in [0.3, 0.4) is 0 Å². The Morgan fingerprint density at radius 2 is 2.04 bits per heavy atom. The van der Waals surface area contributed by atoms with Gasteiger partial charge in [0, 0.05) is 23.9 Å². The first-order valence-corrected chi connectivity index (χ1v) is 8.24. The summed E-state index contributed by atoms with van der Waals surface area (Å²) in [7, 11) is 1.59. The van der Waals surface area contributed by atoms with Crippen molar-refractivity contribution in [1.29, 1.82) is 0 Å². The van der Waals surface area contributed by atoms with Gasteiger partial charge in [0.15, 0.2) is 5.16 Å². The van der Waals surface area contributed by atoms with E-state index in [1.54, 1.807) is 7.11 Å². The molecule has 0 spiro atoms. The molecule has 3 aromatic rings. The van der Waals surface area contributed by atoms with E-state index in [1.807, 2.05) is 18.2 Å². The van der Waals surface area contributed by atoms with Crippen molar-refractivity contribution in [2.45, 2.75) is 5.16 Å². The zero-order valence-electron chi connectivity index (χ0n) is 13.6. The Labute approximate surface area is 158 Å². The summed E-state index contributed by atoms with van der Waals surface area (Å²) >= 11 is 1.27. The lowest BCUT2D eigenvalue weighted by Crippen LogP contribution is -2.14. The normalized spacial score (nSPS) is 10.2. The molecule has 0 atom stereocenters. The second kappa shape index (κ2) is 8.54. The number of hydrogen-bond acceptors (Lipinski definition) is 6. The lowest BCUT2D eigenvalue weighted by Gasteiger charge is -2.03. The van der Waals surface area contributed by atoms with Crippen molar-refractivity contribution in [3.8, 4) is 5.75 Å². The number of aromatic amines is 1. The first-order chi connectivity index (χ1) is 12.0. The summed E-state index contributed by atoms with van der Waals surface area (Å²) in [6.07, 6.45) is 0. The van der Waals surface area contributed by atoms with E-state index >= 15 is 0 Å². The van der Waals surface area contributed by atoms with E-state index in [0.29, 0.717) is 10.8 Å². The number of ether oxygens (including phenoxy) is 1. The number of amides is 1. The molecule has 0 aliphatic heterocycles. The number of carbonyl (C=O) groups excluding carboxylic acids is 1. The van der Waals surface area contributed by atoms with Gasteiger partial charge in [-0.05, 0) is 24.3 Å². The number of nitro benzene ring substituents is 1. The summed E-state index contributed by atoms with van der Waals surface area (Å²) in [4.78, 5) is 29.6. The van der Waals surface area contributed by atoms with Crippen LogP contribution in [0.2, 0.25) is 0 Å². The lowest BCUT2D eigenvalue weighted by molar-refractivity contribution is -0.384. The summed E-state index contributed by atoms with van der Waals surface area (Å²) in [6, 6.07) is 11.2. The Kier molecular flexibility index (Phi) is 6.42. The minimum atomic E-state index is -0.488. The van der Waals surface area contributed by atoms with Gasteiger partial charge in [0.2, 0.25) is 5.91 Å². The van der Waals surface area contributed by atoms with E-state index < -0.39 is 4.92 Å². The molecule has 3 rings (SSSR count). The summed E-state index contributed by atoms with van der Waals surface area (Å²) in [5.74, 6) is 0.661. The molecule has 1 heterocycles. The number of benzene rings is 2. The number of carbonyl (C=O) groups is 1. The molecule has 0 bridgehead atoms. The van der Waals surface area contributed by atoms with Gasteiger partial charge >= 0.3 is 0 Å². The Balaban J connectivity index is 0.00000243. The molecule has 0 fully saturated rings. The highest BCUT2D eigenvalue weighted by Gasteiger charge is 2.09. The highest BCUT2D eigenvalue weighted by Crippen LogP contribution is 2.23. The first kappa shape index (κ1) is 19.5. The lowest BCUT2D eigenvalue weighted by atomic mass is 10.3. The number of thioether (sulfide) groups is 1. The number of non-ortho nitro benzene ring substituents is 1. The maximum atomic E-state index is 12.0. The zero-order chi connectivity index (χ0) is 17.8.